The maximum Gasteiger partial charge on any atom is 0.126 e. The monoisotopic (exact) mass is 431 g/mol. The SMILES string of the molecule is C=CCn1c2ccc(-c3cc(F)cc(F)c3)cc2c2cc(-c3cc(F)cc(F)c3)ccc21. The van der Waals surface area contributed by atoms with Crippen molar-refractivity contribution in [3.05, 3.63) is 109 Å². The molecular weight excluding hydrogens is 414 g/mol. The molecule has 1 nitrogen and oxygen atoms in total. The molecule has 0 N–H and O–H groups in total. The molecule has 0 bridgehead atoms. The van der Waals surface area contributed by atoms with E-state index in [1.807, 2.05) is 36.4 Å². The van der Waals surface area contributed by atoms with E-state index in [0.717, 1.165) is 33.9 Å². The summed E-state index contributed by atoms with van der Waals surface area (Å²) in [7, 11) is 0. The van der Waals surface area contributed by atoms with E-state index in [-0.39, 0.29) is 0 Å². The van der Waals surface area contributed by atoms with Gasteiger partial charge in [-0.3, -0.25) is 0 Å². The van der Waals surface area contributed by atoms with Gasteiger partial charge in [-0.2, -0.15) is 0 Å². The topological polar surface area (TPSA) is 4.93 Å². The van der Waals surface area contributed by atoms with Crippen LogP contribution in [0.25, 0.3) is 44.1 Å². The Hall–Kier alpha value is -3.86. The molecule has 32 heavy (non-hydrogen) atoms. The van der Waals surface area contributed by atoms with Crippen molar-refractivity contribution in [1.82, 2.24) is 4.57 Å². The van der Waals surface area contributed by atoms with Gasteiger partial charge < -0.3 is 4.57 Å². The number of hydrogen-bond acceptors (Lipinski definition) is 0. The molecule has 158 valence electrons. The van der Waals surface area contributed by atoms with E-state index >= 15 is 0 Å². The maximum absolute atomic E-state index is 13.8. The standard InChI is InChI=1S/C27H17F4N/c1-2-7-32-26-5-3-16(18-8-20(28)14-21(29)9-18)12-24(26)25-13-17(4-6-27(25)32)19-10-22(30)15-23(31)11-19/h2-6,8-15H,1,7H2. The first-order valence-electron chi connectivity index (χ1n) is 10.0. The minimum atomic E-state index is -0.649. The van der Waals surface area contributed by atoms with E-state index in [0.29, 0.717) is 28.8 Å². The Morgan fingerprint density at radius 1 is 0.562 bits per heavy atom. The number of allylic oxidation sites excluding steroid dienone is 1. The molecule has 0 amide bonds. The highest BCUT2D eigenvalue weighted by atomic mass is 19.1. The van der Waals surface area contributed by atoms with Crippen molar-refractivity contribution in [2.45, 2.75) is 6.54 Å². The molecule has 0 radical (unpaired) electrons. The minimum Gasteiger partial charge on any atom is -0.337 e. The second-order valence-corrected chi connectivity index (χ2v) is 7.68. The van der Waals surface area contributed by atoms with Gasteiger partial charge in [0.1, 0.15) is 23.3 Å². The summed E-state index contributed by atoms with van der Waals surface area (Å²) < 4.78 is 57.2. The number of hydrogen-bond donors (Lipinski definition) is 0. The molecule has 0 aliphatic carbocycles. The summed E-state index contributed by atoms with van der Waals surface area (Å²) in [6.07, 6.45) is 1.78. The third kappa shape index (κ3) is 3.46. The Balaban J connectivity index is 1.78. The summed E-state index contributed by atoms with van der Waals surface area (Å²) in [4.78, 5) is 0. The Bertz CT molecular complexity index is 1360. The van der Waals surface area contributed by atoms with E-state index in [1.54, 1.807) is 6.08 Å². The van der Waals surface area contributed by atoms with E-state index in [9.17, 15) is 17.6 Å². The van der Waals surface area contributed by atoms with Crippen LogP contribution in [0.5, 0.6) is 0 Å². The third-order valence-corrected chi connectivity index (χ3v) is 5.57. The first-order chi connectivity index (χ1) is 15.4. The van der Waals surface area contributed by atoms with Gasteiger partial charge in [-0.15, -0.1) is 6.58 Å². The average Bonchev–Trinajstić information content (AvgIpc) is 3.05. The fourth-order valence-corrected chi connectivity index (χ4v) is 4.23. The number of halogens is 4. The second kappa shape index (κ2) is 7.68. The summed E-state index contributed by atoms with van der Waals surface area (Å²) in [6, 6.07) is 18.0. The molecule has 0 saturated carbocycles. The molecular formula is C27H17F4N. The Kier molecular flexibility index (Phi) is 4.82. The molecule has 5 rings (SSSR count). The molecule has 0 unspecified atom stereocenters. The molecule has 0 spiro atoms. The smallest absolute Gasteiger partial charge is 0.126 e. The molecule has 5 heteroatoms. The van der Waals surface area contributed by atoms with Gasteiger partial charge in [0.2, 0.25) is 0 Å². The zero-order chi connectivity index (χ0) is 22.4. The van der Waals surface area contributed by atoms with Gasteiger partial charge in [0.05, 0.1) is 0 Å². The van der Waals surface area contributed by atoms with Crippen LogP contribution in [0.1, 0.15) is 0 Å². The van der Waals surface area contributed by atoms with Gasteiger partial charge in [-0.05, 0) is 70.8 Å². The van der Waals surface area contributed by atoms with Crippen LogP contribution in [-0.2, 0) is 6.54 Å². The molecule has 0 saturated heterocycles. The van der Waals surface area contributed by atoms with Crippen molar-refractivity contribution in [2.75, 3.05) is 0 Å². The normalized spacial score (nSPS) is 11.4. The van der Waals surface area contributed by atoms with Crippen LogP contribution in [-0.4, -0.2) is 4.57 Å². The third-order valence-electron chi connectivity index (χ3n) is 5.57. The zero-order valence-electron chi connectivity index (χ0n) is 16.9. The van der Waals surface area contributed by atoms with Crippen LogP contribution in [0.4, 0.5) is 17.6 Å². The summed E-state index contributed by atoms with van der Waals surface area (Å²) in [5.74, 6) is -2.59. The number of fused-ring (bicyclic) bond motifs is 3. The zero-order valence-corrected chi connectivity index (χ0v) is 16.9. The number of aromatic nitrogens is 1. The van der Waals surface area contributed by atoms with Crippen LogP contribution < -0.4 is 0 Å². The molecule has 5 aromatic rings. The summed E-state index contributed by atoms with van der Waals surface area (Å²) in [5.41, 5.74) is 4.02. The van der Waals surface area contributed by atoms with Crippen LogP contribution in [0.2, 0.25) is 0 Å². The van der Waals surface area contributed by atoms with Crippen molar-refractivity contribution in [1.29, 1.82) is 0 Å². The first kappa shape index (κ1) is 20.1. The van der Waals surface area contributed by atoms with E-state index in [2.05, 4.69) is 11.1 Å². The van der Waals surface area contributed by atoms with Gasteiger partial charge >= 0.3 is 0 Å². The van der Waals surface area contributed by atoms with E-state index < -0.39 is 23.3 Å². The lowest BCUT2D eigenvalue weighted by atomic mass is 10.00. The summed E-state index contributed by atoms with van der Waals surface area (Å²) in [6.45, 7) is 4.39. The molecule has 4 aromatic carbocycles. The fourth-order valence-electron chi connectivity index (χ4n) is 4.23. The number of benzene rings is 4. The van der Waals surface area contributed by atoms with Gasteiger partial charge in [-0.25, -0.2) is 17.6 Å². The van der Waals surface area contributed by atoms with Gasteiger partial charge in [-0.1, -0.05) is 18.2 Å². The molecule has 0 aliphatic heterocycles. The average molecular weight is 431 g/mol. The van der Waals surface area contributed by atoms with Crippen molar-refractivity contribution in [3.8, 4) is 22.3 Å². The Labute approximate surface area is 181 Å². The lowest BCUT2D eigenvalue weighted by molar-refractivity contribution is 0.583. The van der Waals surface area contributed by atoms with Gasteiger partial charge in [0.15, 0.2) is 0 Å². The van der Waals surface area contributed by atoms with Crippen molar-refractivity contribution in [3.63, 3.8) is 0 Å². The molecule has 0 atom stereocenters. The molecule has 1 aromatic heterocycles. The molecule has 1 heterocycles. The molecule has 0 aliphatic rings. The Morgan fingerprint density at radius 3 is 1.34 bits per heavy atom. The maximum atomic E-state index is 13.8. The lowest BCUT2D eigenvalue weighted by Crippen LogP contribution is -1.94. The lowest BCUT2D eigenvalue weighted by Gasteiger charge is -2.06. The van der Waals surface area contributed by atoms with Crippen LogP contribution in [0.15, 0.2) is 85.5 Å². The number of nitrogens with zero attached hydrogens (tertiary/aromatic N) is 1. The quantitative estimate of drug-likeness (QED) is 0.202. The number of rotatable bonds is 4. The van der Waals surface area contributed by atoms with Crippen LogP contribution >= 0.6 is 0 Å². The van der Waals surface area contributed by atoms with E-state index in [1.165, 1.54) is 24.3 Å². The first-order valence-corrected chi connectivity index (χ1v) is 10.0. The predicted octanol–water partition coefficient (Wildman–Crippen LogP) is 7.87. The summed E-state index contributed by atoms with van der Waals surface area (Å²) in [5, 5.41) is 1.73. The van der Waals surface area contributed by atoms with Crippen LogP contribution in [0, 0.1) is 23.3 Å². The minimum absolute atomic E-state index is 0.428. The van der Waals surface area contributed by atoms with Crippen molar-refractivity contribution < 1.29 is 17.6 Å². The van der Waals surface area contributed by atoms with Gasteiger partial charge in [0.25, 0.3) is 0 Å². The highest BCUT2D eigenvalue weighted by Crippen LogP contribution is 2.36. The molecule has 0 fully saturated rings. The Morgan fingerprint density at radius 2 is 0.969 bits per heavy atom. The fraction of sp³-hybridized carbons (Fsp3) is 0.0370. The van der Waals surface area contributed by atoms with E-state index in [4.69, 9.17) is 0 Å². The summed E-state index contributed by atoms with van der Waals surface area (Å²) >= 11 is 0. The van der Waals surface area contributed by atoms with Gasteiger partial charge in [0, 0.05) is 40.5 Å². The highest BCUT2D eigenvalue weighted by Gasteiger charge is 2.14. The predicted molar refractivity (Wildman–Crippen MR) is 120 cm³/mol. The second-order valence-electron chi connectivity index (χ2n) is 7.68. The highest BCUT2D eigenvalue weighted by molar-refractivity contribution is 6.10. The van der Waals surface area contributed by atoms with Crippen molar-refractivity contribution >= 4 is 21.8 Å². The van der Waals surface area contributed by atoms with Crippen molar-refractivity contribution in [2.24, 2.45) is 0 Å². The largest absolute Gasteiger partial charge is 0.337 e. The van der Waals surface area contributed by atoms with Crippen LogP contribution in [0.3, 0.4) is 0 Å².